The number of aliphatic imine (C=N–C) groups is 1. The third-order valence-corrected chi connectivity index (χ3v) is 6.42. The van der Waals surface area contributed by atoms with Crippen LogP contribution >= 0.6 is 35.3 Å². The van der Waals surface area contributed by atoms with Crippen LogP contribution in [0.4, 0.5) is 0 Å². The smallest absolute Gasteiger partial charge is 0.215 e. The van der Waals surface area contributed by atoms with E-state index in [0.717, 1.165) is 23.5 Å². The number of hydrogen-bond donors (Lipinski definition) is 3. The summed E-state index contributed by atoms with van der Waals surface area (Å²) in [5.41, 5.74) is 1.82. The molecular weight excluding hydrogens is 507 g/mol. The maximum absolute atomic E-state index is 11.6. The summed E-state index contributed by atoms with van der Waals surface area (Å²) in [6.45, 7) is 4.87. The molecule has 0 fully saturated rings. The highest BCUT2D eigenvalue weighted by Crippen LogP contribution is 2.16. The molecule has 3 N–H and O–H groups in total. The molecule has 0 amide bonds. The quantitative estimate of drug-likeness (QED) is 0.275. The number of halogens is 1. The van der Waals surface area contributed by atoms with Gasteiger partial charge in [0.1, 0.15) is 0 Å². The summed E-state index contributed by atoms with van der Waals surface area (Å²) in [5, 5.41) is 6.70. The number of nitrogens with one attached hydrogen (secondary N) is 3. The summed E-state index contributed by atoms with van der Waals surface area (Å²) in [6, 6.07) is 12.1. The predicted molar refractivity (Wildman–Crippen MR) is 129 cm³/mol. The van der Waals surface area contributed by atoms with E-state index in [1.165, 1.54) is 16.8 Å². The molecule has 2 aromatic rings. The van der Waals surface area contributed by atoms with Crippen LogP contribution in [-0.4, -0.2) is 34.5 Å². The zero-order valence-corrected chi connectivity index (χ0v) is 20.6. The molecule has 0 radical (unpaired) electrons. The van der Waals surface area contributed by atoms with Gasteiger partial charge in [-0.05, 0) is 44.2 Å². The van der Waals surface area contributed by atoms with Gasteiger partial charge < -0.3 is 10.6 Å². The molecule has 0 bridgehead atoms. The Morgan fingerprint density at radius 2 is 1.79 bits per heavy atom. The maximum atomic E-state index is 11.6. The number of benzene rings is 1. The minimum atomic E-state index is -3.25. The van der Waals surface area contributed by atoms with Crippen molar-refractivity contribution < 1.29 is 8.42 Å². The monoisotopic (exact) mass is 536 g/mol. The second-order valence-corrected chi connectivity index (χ2v) is 9.77. The molecule has 156 valence electrons. The van der Waals surface area contributed by atoms with Gasteiger partial charge in [0.15, 0.2) is 5.96 Å². The van der Waals surface area contributed by atoms with E-state index in [0.29, 0.717) is 6.54 Å². The van der Waals surface area contributed by atoms with Crippen LogP contribution in [0.25, 0.3) is 0 Å². The van der Waals surface area contributed by atoms with E-state index in [1.807, 2.05) is 35.6 Å². The molecule has 1 aromatic carbocycles. The van der Waals surface area contributed by atoms with Crippen molar-refractivity contribution in [3.63, 3.8) is 0 Å². The Bertz CT molecular complexity index is 864. The Morgan fingerprint density at radius 3 is 2.32 bits per heavy atom. The van der Waals surface area contributed by atoms with E-state index in [-0.39, 0.29) is 35.8 Å². The number of nitrogens with zero attached hydrogens (tertiary/aromatic N) is 1. The van der Waals surface area contributed by atoms with Gasteiger partial charge in [0, 0.05) is 35.8 Å². The molecule has 6 nitrogen and oxygen atoms in total. The van der Waals surface area contributed by atoms with E-state index in [4.69, 9.17) is 0 Å². The van der Waals surface area contributed by atoms with Crippen molar-refractivity contribution in [1.29, 1.82) is 0 Å². The largest absolute Gasteiger partial charge is 0.354 e. The summed E-state index contributed by atoms with van der Waals surface area (Å²) in [4.78, 5) is 6.96. The number of hydrogen-bond acceptors (Lipinski definition) is 4. The number of thiophene rings is 1. The first-order valence-electron chi connectivity index (χ1n) is 8.83. The van der Waals surface area contributed by atoms with E-state index in [2.05, 4.69) is 46.3 Å². The second kappa shape index (κ2) is 11.7. The molecule has 1 atom stereocenters. The minimum Gasteiger partial charge on any atom is -0.354 e. The minimum absolute atomic E-state index is 0. The number of guanidine groups is 1. The van der Waals surface area contributed by atoms with Gasteiger partial charge in [-0.1, -0.05) is 24.3 Å². The van der Waals surface area contributed by atoms with Gasteiger partial charge in [-0.15, -0.1) is 35.3 Å². The van der Waals surface area contributed by atoms with Crippen molar-refractivity contribution >= 4 is 51.3 Å². The molecule has 0 aliphatic rings. The van der Waals surface area contributed by atoms with E-state index >= 15 is 0 Å². The molecule has 0 saturated heterocycles. The first-order chi connectivity index (χ1) is 12.8. The fraction of sp³-hybridized carbons (Fsp3) is 0.421. The number of rotatable bonds is 8. The number of sulfonamides is 1. The maximum Gasteiger partial charge on any atom is 0.215 e. The molecule has 1 aromatic heterocycles. The third-order valence-electron chi connectivity index (χ3n) is 4.06. The van der Waals surface area contributed by atoms with Crippen LogP contribution in [0.1, 0.15) is 27.8 Å². The average Bonchev–Trinajstić information content (AvgIpc) is 3.04. The Kier molecular flexibility index (Phi) is 10.4. The lowest BCUT2D eigenvalue weighted by Gasteiger charge is -2.17. The Labute approximate surface area is 189 Å². The first kappa shape index (κ1) is 24.9. The van der Waals surface area contributed by atoms with Crippen molar-refractivity contribution in [3.8, 4) is 0 Å². The van der Waals surface area contributed by atoms with Crippen molar-refractivity contribution in [3.05, 3.63) is 57.3 Å². The highest BCUT2D eigenvalue weighted by molar-refractivity contribution is 14.0. The van der Waals surface area contributed by atoms with Gasteiger partial charge >= 0.3 is 0 Å². The molecule has 0 aliphatic heterocycles. The van der Waals surface area contributed by atoms with E-state index in [1.54, 1.807) is 7.05 Å². The molecule has 2 rings (SSSR count). The Morgan fingerprint density at radius 1 is 1.14 bits per heavy atom. The zero-order valence-electron chi connectivity index (χ0n) is 16.7. The molecule has 0 spiro atoms. The van der Waals surface area contributed by atoms with Crippen LogP contribution in [0.3, 0.4) is 0 Å². The van der Waals surface area contributed by atoms with Crippen LogP contribution in [0.2, 0.25) is 0 Å². The molecule has 1 heterocycles. The molecular formula is C19H29IN4O2S2. The van der Waals surface area contributed by atoms with Crippen molar-refractivity contribution in [2.45, 2.75) is 38.6 Å². The topological polar surface area (TPSA) is 82.6 Å². The van der Waals surface area contributed by atoms with Gasteiger partial charge in [-0.25, -0.2) is 13.1 Å². The summed E-state index contributed by atoms with van der Waals surface area (Å²) >= 11 is 1.82. The van der Waals surface area contributed by atoms with Crippen LogP contribution < -0.4 is 15.4 Å². The highest BCUT2D eigenvalue weighted by atomic mass is 127. The van der Waals surface area contributed by atoms with Crippen LogP contribution in [0, 0.1) is 6.92 Å². The van der Waals surface area contributed by atoms with Crippen molar-refractivity contribution in [2.24, 2.45) is 4.99 Å². The van der Waals surface area contributed by atoms with Crippen LogP contribution in [0.15, 0.2) is 41.4 Å². The Balaban J connectivity index is 0.00000392. The van der Waals surface area contributed by atoms with Crippen molar-refractivity contribution in [2.75, 3.05) is 14.1 Å². The van der Waals surface area contributed by atoms with Crippen LogP contribution in [0.5, 0.6) is 0 Å². The SMILES string of the molecule is CN=C(NCc1ccc(CS(=O)(=O)NC)cc1)NC(C)Cc1ccc(C)s1.I. The normalized spacial score (nSPS) is 12.9. The molecule has 9 heteroatoms. The second-order valence-electron chi connectivity index (χ2n) is 6.47. The highest BCUT2D eigenvalue weighted by Gasteiger charge is 2.09. The van der Waals surface area contributed by atoms with E-state index in [9.17, 15) is 8.42 Å². The lowest BCUT2D eigenvalue weighted by Crippen LogP contribution is -2.42. The lowest BCUT2D eigenvalue weighted by molar-refractivity contribution is 0.587. The standard InChI is InChI=1S/C19H28N4O2S2.HI/c1-14(11-18-10-5-15(2)26-18)23-19(20-3)22-12-16-6-8-17(9-7-16)13-27(24,25)21-4;/h5-10,14,21H,11-13H2,1-4H3,(H2,20,22,23);1H. The molecule has 28 heavy (non-hydrogen) atoms. The fourth-order valence-corrected chi connectivity index (χ4v) is 4.40. The van der Waals surface area contributed by atoms with Gasteiger partial charge in [0.2, 0.25) is 10.0 Å². The van der Waals surface area contributed by atoms with Gasteiger partial charge in [-0.2, -0.15) is 0 Å². The number of aryl methyl sites for hydroxylation is 1. The Hall–Kier alpha value is -1.17. The molecule has 0 aliphatic carbocycles. The first-order valence-corrected chi connectivity index (χ1v) is 11.3. The fourth-order valence-electron chi connectivity index (χ4n) is 2.61. The average molecular weight is 537 g/mol. The van der Waals surface area contributed by atoms with Crippen molar-refractivity contribution in [1.82, 2.24) is 15.4 Å². The molecule has 1 unspecified atom stereocenters. The zero-order chi connectivity index (χ0) is 19.9. The van der Waals surface area contributed by atoms with Gasteiger partial charge in [-0.3, -0.25) is 4.99 Å². The van der Waals surface area contributed by atoms with Crippen LogP contribution in [-0.2, 0) is 28.7 Å². The van der Waals surface area contributed by atoms with Gasteiger partial charge in [0.25, 0.3) is 0 Å². The lowest BCUT2D eigenvalue weighted by atomic mass is 10.1. The molecule has 0 saturated carbocycles. The predicted octanol–water partition coefficient (Wildman–Crippen LogP) is 3.02. The summed E-state index contributed by atoms with van der Waals surface area (Å²) in [6.07, 6.45) is 0.952. The summed E-state index contributed by atoms with van der Waals surface area (Å²) in [7, 11) is -0.0704. The third kappa shape index (κ3) is 8.46. The summed E-state index contributed by atoms with van der Waals surface area (Å²) < 4.78 is 25.5. The summed E-state index contributed by atoms with van der Waals surface area (Å²) in [5.74, 6) is 0.734. The van der Waals surface area contributed by atoms with E-state index < -0.39 is 10.0 Å². The van der Waals surface area contributed by atoms with Gasteiger partial charge in [0.05, 0.1) is 5.75 Å².